The molecule has 0 atom stereocenters. The molecule has 0 aliphatic rings. The van der Waals surface area contributed by atoms with Crippen molar-refractivity contribution in [2.24, 2.45) is 0 Å². The van der Waals surface area contributed by atoms with Gasteiger partial charge in [-0.15, -0.1) is 0 Å². The zero-order valence-corrected chi connectivity index (χ0v) is 11.4. The Kier molecular flexibility index (Phi) is 4.72. The van der Waals surface area contributed by atoms with Crippen LogP contribution in [0.25, 0.3) is 0 Å². The van der Waals surface area contributed by atoms with Crippen LogP contribution in [0.5, 0.6) is 5.75 Å². The molecule has 2 aromatic rings. The molecule has 0 amide bonds. The molecule has 19 heavy (non-hydrogen) atoms. The number of halogens is 2. The van der Waals surface area contributed by atoms with Crippen LogP contribution in [0.4, 0.5) is 0 Å². The molecular weight excluding hydrogens is 286 g/mol. The molecule has 0 unspecified atom stereocenters. The quantitative estimate of drug-likeness (QED) is 0.851. The lowest BCUT2D eigenvalue weighted by molar-refractivity contribution is 0.306. The summed E-state index contributed by atoms with van der Waals surface area (Å²) in [5, 5.41) is 19.4. The highest BCUT2D eigenvalue weighted by Gasteiger charge is 2.15. The Hall–Kier alpha value is -1.20. The maximum atomic E-state index is 9.25. The van der Waals surface area contributed by atoms with Crippen LogP contribution in [0, 0.1) is 0 Å². The van der Waals surface area contributed by atoms with Crippen LogP contribution < -0.4 is 10.2 Å². The molecule has 2 rings (SSSR count). The first-order chi connectivity index (χ1) is 9.08. The predicted molar refractivity (Wildman–Crippen MR) is 77.1 cm³/mol. The second-order valence-corrected chi connectivity index (χ2v) is 4.78. The van der Waals surface area contributed by atoms with Gasteiger partial charge in [0.15, 0.2) is 0 Å². The summed E-state index contributed by atoms with van der Waals surface area (Å²) in [6.07, 6.45) is 0. The lowest BCUT2D eigenvalue weighted by atomic mass is 9.77. The molecule has 0 heterocycles. The van der Waals surface area contributed by atoms with Gasteiger partial charge < -0.3 is 14.8 Å². The summed E-state index contributed by atoms with van der Waals surface area (Å²) in [5.74, 6) is 0.494. The summed E-state index contributed by atoms with van der Waals surface area (Å²) >= 11 is 11.8. The SMILES string of the molecule is OB(O)c1ccccc1COc1ccc(Cl)cc1Cl. The zero-order chi connectivity index (χ0) is 13.8. The Morgan fingerprint density at radius 2 is 1.79 bits per heavy atom. The van der Waals surface area contributed by atoms with Gasteiger partial charge >= 0.3 is 7.12 Å². The van der Waals surface area contributed by atoms with E-state index in [0.29, 0.717) is 26.8 Å². The molecule has 98 valence electrons. The molecule has 0 aliphatic carbocycles. The zero-order valence-electron chi connectivity index (χ0n) is 9.88. The van der Waals surface area contributed by atoms with Gasteiger partial charge in [0.1, 0.15) is 12.4 Å². The molecule has 0 aromatic heterocycles. The van der Waals surface area contributed by atoms with Gasteiger partial charge in [-0.2, -0.15) is 0 Å². The number of rotatable bonds is 4. The van der Waals surface area contributed by atoms with Crippen molar-refractivity contribution in [2.45, 2.75) is 6.61 Å². The van der Waals surface area contributed by atoms with Gasteiger partial charge in [0.2, 0.25) is 0 Å². The molecular formula is C13H11BCl2O3. The Bertz CT molecular complexity index is 576. The smallest absolute Gasteiger partial charge is 0.487 e. The van der Waals surface area contributed by atoms with Crippen LogP contribution in [0.1, 0.15) is 5.56 Å². The summed E-state index contributed by atoms with van der Waals surface area (Å²) in [5.41, 5.74) is 1.09. The highest BCUT2D eigenvalue weighted by atomic mass is 35.5. The van der Waals surface area contributed by atoms with Gasteiger partial charge in [0, 0.05) is 5.02 Å². The molecule has 0 fully saturated rings. The third-order valence-electron chi connectivity index (χ3n) is 2.61. The average molecular weight is 297 g/mol. The maximum Gasteiger partial charge on any atom is 0.488 e. The van der Waals surface area contributed by atoms with Crippen molar-refractivity contribution >= 4 is 35.8 Å². The largest absolute Gasteiger partial charge is 0.488 e. The van der Waals surface area contributed by atoms with Gasteiger partial charge in [0.05, 0.1) is 5.02 Å². The molecule has 0 bridgehead atoms. The van der Waals surface area contributed by atoms with Crippen LogP contribution in [0.15, 0.2) is 42.5 Å². The first-order valence-corrected chi connectivity index (χ1v) is 6.35. The second kappa shape index (κ2) is 6.30. The Morgan fingerprint density at radius 3 is 2.47 bits per heavy atom. The fourth-order valence-corrected chi connectivity index (χ4v) is 2.13. The van der Waals surface area contributed by atoms with Crippen LogP contribution >= 0.6 is 23.2 Å². The third kappa shape index (κ3) is 3.64. The minimum absolute atomic E-state index is 0.190. The van der Waals surface area contributed by atoms with Crippen molar-refractivity contribution in [1.82, 2.24) is 0 Å². The Balaban J connectivity index is 2.14. The summed E-state index contributed by atoms with van der Waals surface area (Å²) in [6, 6.07) is 11.9. The van der Waals surface area contributed by atoms with Gasteiger partial charge in [-0.05, 0) is 29.2 Å². The summed E-state index contributed by atoms with van der Waals surface area (Å²) < 4.78 is 5.56. The van der Waals surface area contributed by atoms with E-state index in [0.717, 1.165) is 0 Å². The van der Waals surface area contributed by atoms with E-state index < -0.39 is 7.12 Å². The standard InChI is InChI=1S/C13H11BCl2O3/c15-10-5-6-13(12(16)7-10)19-8-9-3-1-2-4-11(9)14(17)18/h1-7,17-18H,8H2. The van der Waals surface area contributed by atoms with Crippen molar-refractivity contribution in [1.29, 1.82) is 0 Å². The number of benzene rings is 2. The number of hydrogen-bond acceptors (Lipinski definition) is 3. The van der Waals surface area contributed by atoms with E-state index in [-0.39, 0.29) is 6.61 Å². The van der Waals surface area contributed by atoms with Crippen LogP contribution in [0.3, 0.4) is 0 Å². The highest BCUT2D eigenvalue weighted by Crippen LogP contribution is 2.28. The number of ether oxygens (including phenoxy) is 1. The second-order valence-electron chi connectivity index (χ2n) is 3.94. The third-order valence-corrected chi connectivity index (χ3v) is 3.14. The average Bonchev–Trinajstić information content (AvgIpc) is 2.38. The molecule has 0 radical (unpaired) electrons. The first kappa shape index (κ1) is 14.2. The molecule has 6 heteroatoms. The van der Waals surface area contributed by atoms with Gasteiger partial charge in [-0.3, -0.25) is 0 Å². The summed E-state index contributed by atoms with van der Waals surface area (Å²) in [6.45, 7) is 0.190. The van der Waals surface area contributed by atoms with Crippen molar-refractivity contribution in [3.8, 4) is 5.75 Å². The fraction of sp³-hybridized carbons (Fsp3) is 0.0769. The van der Waals surface area contributed by atoms with Crippen molar-refractivity contribution in [3.63, 3.8) is 0 Å². The number of hydrogen-bond donors (Lipinski definition) is 2. The maximum absolute atomic E-state index is 9.25. The van der Waals surface area contributed by atoms with Gasteiger partial charge in [-0.25, -0.2) is 0 Å². The Labute approximate surface area is 121 Å². The highest BCUT2D eigenvalue weighted by molar-refractivity contribution is 6.59. The van der Waals surface area contributed by atoms with E-state index in [1.807, 2.05) is 0 Å². The van der Waals surface area contributed by atoms with Gasteiger partial charge in [0.25, 0.3) is 0 Å². The van der Waals surface area contributed by atoms with Crippen LogP contribution in [0.2, 0.25) is 10.0 Å². The molecule has 0 saturated heterocycles. The molecule has 2 N–H and O–H groups in total. The van der Waals surface area contributed by atoms with Crippen molar-refractivity contribution < 1.29 is 14.8 Å². The lowest BCUT2D eigenvalue weighted by Crippen LogP contribution is -2.33. The van der Waals surface area contributed by atoms with E-state index >= 15 is 0 Å². The van der Waals surface area contributed by atoms with E-state index in [1.54, 1.807) is 42.5 Å². The van der Waals surface area contributed by atoms with E-state index in [4.69, 9.17) is 27.9 Å². The molecule has 0 saturated carbocycles. The topological polar surface area (TPSA) is 49.7 Å². The minimum Gasteiger partial charge on any atom is -0.487 e. The Morgan fingerprint density at radius 1 is 1.05 bits per heavy atom. The van der Waals surface area contributed by atoms with Crippen LogP contribution in [-0.2, 0) is 6.61 Å². The lowest BCUT2D eigenvalue weighted by Gasteiger charge is -2.11. The molecule has 2 aromatic carbocycles. The van der Waals surface area contributed by atoms with E-state index in [9.17, 15) is 10.0 Å². The van der Waals surface area contributed by atoms with Crippen molar-refractivity contribution in [3.05, 3.63) is 58.1 Å². The predicted octanol–water partition coefficient (Wildman–Crippen LogP) is 2.25. The molecule has 0 aliphatic heterocycles. The molecule has 0 spiro atoms. The molecule has 3 nitrogen and oxygen atoms in total. The summed E-state index contributed by atoms with van der Waals surface area (Å²) in [4.78, 5) is 0. The fourth-order valence-electron chi connectivity index (χ4n) is 1.67. The van der Waals surface area contributed by atoms with E-state index in [1.165, 1.54) is 0 Å². The first-order valence-electron chi connectivity index (χ1n) is 5.59. The van der Waals surface area contributed by atoms with Gasteiger partial charge in [-0.1, -0.05) is 47.5 Å². The van der Waals surface area contributed by atoms with E-state index in [2.05, 4.69) is 0 Å². The minimum atomic E-state index is -1.53. The van der Waals surface area contributed by atoms with Crippen molar-refractivity contribution in [2.75, 3.05) is 0 Å². The normalized spacial score (nSPS) is 10.3. The summed E-state index contributed by atoms with van der Waals surface area (Å²) in [7, 11) is -1.53. The van der Waals surface area contributed by atoms with Crippen LogP contribution in [-0.4, -0.2) is 17.2 Å². The monoisotopic (exact) mass is 296 g/mol.